The number of rotatable bonds is 15. The quantitative estimate of drug-likeness (QED) is 0.282. The second-order valence-corrected chi connectivity index (χ2v) is 7.24. The van der Waals surface area contributed by atoms with Crippen molar-refractivity contribution in [2.75, 3.05) is 0 Å². The Bertz CT molecular complexity index is 519. The zero-order chi connectivity index (χ0) is 19.5. The second-order valence-electron chi connectivity index (χ2n) is 7.24. The molecule has 0 bridgehead atoms. The first-order valence-electron chi connectivity index (χ1n) is 9.76. The largest absolute Gasteiger partial charge is 0.370 e. The Labute approximate surface area is 160 Å². The van der Waals surface area contributed by atoms with E-state index in [0.29, 0.717) is 12.8 Å². The maximum Gasteiger partial charge on any atom is 0.217 e. The van der Waals surface area contributed by atoms with Gasteiger partial charge in [0.15, 0.2) is 0 Å². The lowest BCUT2D eigenvalue weighted by atomic mass is 9.86. The van der Waals surface area contributed by atoms with E-state index in [1.807, 2.05) is 0 Å². The first-order chi connectivity index (χ1) is 12.5. The molecular weight excluding hydrogens is 320 g/mol. The smallest absolute Gasteiger partial charge is 0.217 e. The maximum atomic E-state index is 10.6. The molecule has 0 saturated carbocycles. The highest BCUT2D eigenvalue weighted by atomic mass is 16.1. The third-order valence-electron chi connectivity index (χ3n) is 4.04. The van der Waals surface area contributed by atoms with Gasteiger partial charge in [0.2, 0.25) is 5.91 Å². The summed E-state index contributed by atoms with van der Waals surface area (Å²) >= 11 is 0. The van der Waals surface area contributed by atoms with Crippen molar-refractivity contribution in [2.45, 2.75) is 78.1 Å². The van der Waals surface area contributed by atoms with Crippen LogP contribution < -0.4 is 5.73 Å². The molecule has 0 aliphatic rings. The van der Waals surface area contributed by atoms with Gasteiger partial charge in [0.25, 0.3) is 0 Å². The molecule has 0 aliphatic carbocycles. The van der Waals surface area contributed by atoms with E-state index in [2.05, 4.69) is 68.5 Å². The van der Waals surface area contributed by atoms with E-state index in [9.17, 15) is 4.79 Å². The summed E-state index contributed by atoms with van der Waals surface area (Å²) in [7, 11) is 0. The van der Waals surface area contributed by atoms with Crippen molar-refractivity contribution in [3.05, 3.63) is 48.6 Å². The maximum absolute atomic E-state index is 10.6. The van der Waals surface area contributed by atoms with Crippen LogP contribution in [0.25, 0.3) is 0 Å². The molecule has 2 N–H and O–H groups in total. The van der Waals surface area contributed by atoms with Crippen molar-refractivity contribution in [1.82, 2.24) is 0 Å². The first-order valence-corrected chi connectivity index (χ1v) is 9.76. The number of hydrogen-bond donors (Lipinski definition) is 1. The topological polar surface area (TPSA) is 66.9 Å². The van der Waals surface area contributed by atoms with E-state index in [1.54, 1.807) is 0 Å². The Morgan fingerprint density at radius 2 is 1.50 bits per heavy atom. The normalized spacial score (nSPS) is 12.7. The number of nitrogens with zero attached hydrogens (tertiary/aromatic N) is 1. The standard InChI is InChI=1S/C23H36N2O/c1-23(2,20-16-13-17-21-24)19-15-12-10-8-6-4-3-5-7-9-11-14-18-22(25)26/h3-4,7-10,15,19H,5-6,11-14,16-18,20H2,1-2H3,(H2,25,26)/b4-3-,9-7-,10-8-,19-15-. The molecule has 0 fully saturated rings. The molecule has 0 saturated heterocycles. The molecule has 0 unspecified atom stereocenters. The van der Waals surface area contributed by atoms with Crippen LogP contribution in [0, 0.1) is 16.7 Å². The third kappa shape index (κ3) is 18.3. The molecule has 3 nitrogen and oxygen atoms in total. The van der Waals surface area contributed by atoms with Crippen molar-refractivity contribution >= 4 is 5.91 Å². The number of carbonyl (C=O) groups excluding carboxylic acids is 1. The zero-order valence-electron chi connectivity index (χ0n) is 16.6. The number of unbranched alkanes of at least 4 members (excludes halogenated alkanes) is 3. The van der Waals surface area contributed by atoms with Gasteiger partial charge in [-0.2, -0.15) is 5.26 Å². The second kappa shape index (κ2) is 16.4. The summed E-state index contributed by atoms with van der Waals surface area (Å²) in [6, 6.07) is 2.20. The number of allylic oxidation sites excluding steroid dienone is 8. The molecule has 0 aromatic carbocycles. The van der Waals surface area contributed by atoms with Gasteiger partial charge in [-0.15, -0.1) is 0 Å². The van der Waals surface area contributed by atoms with E-state index in [1.165, 1.54) is 0 Å². The van der Waals surface area contributed by atoms with Crippen LogP contribution in [0.15, 0.2) is 48.6 Å². The molecule has 1 amide bonds. The van der Waals surface area contributed by atoms with Crippen molar-refractivity contribution in [3.8, 4) is 6.07 Å². The molecule has 144 valence electrons. The molecule has 0 aliphatic heterocycles. The van der Waals surface area contributed by atoms with Gasteiger partial charge in [-0.1, -0.05) is 68.9 Å². The van der Waals surface area contributed by atoms with Gasteiger partial charge in [0, 0.05) is 12.8 Å². The van der Waals surface area contributed by atoms with E-state index in [4.69, 9.17) is 11.0 Å². The number of hydrogen-bond acceptors (Lipinski definition) is 2. The molecule has 0 aromatic rings. The van der Waals surface area contributed by atoms with Crippen LogP contribution in [-0.4, -0.2) is 5.91 Å². The number of primary amides is 1. The number of carbonyl (C=O) groups is 1. The van der Waals surface area contributed by atoms with E-state index >= 15 is 0 Å². The van der Waals surface area contributed by atoms with Crippen LogP contribution >= 0.6 is 0 Å². The van der Waals surface area contributed by atoms with Crippen LogP contribution in [0.5, 0.6) is 0 Å². The van der Waals surface area contributed by atoms with Gasteiger partial charge in [0.1, 0.15) is 0 Å². The summed E-state index contributed by atoms with van der Waals surface area (Å²) in [6.07, 6.45) is 26.5. The number of nitriles is 1. The third-order valence-corrected chi connectivity index (χ3v) is 4.04. The van der Waals surface area contributed by atoms with Gasteiger partial charge < -0.3 is 5.73 Å². The fourth-order valence-corrected chi connectivity index (χ4v) is 2.48. The highest BCUT2D eigenvalue weighted by Gasteiger charge is 2.12. The van der Waals surface area contributed by atoms with Gasteiger partial charge in [-0.25, -0.2) is 0 Å². The first kappa shape index (κ1) is 23.9. The number of amides is 1. The van der Waals surface area contributed by atoms with Crippen LogP contribution in [-0.2, 0) is 4.79 Å². The summed E-state index contributed by atoms with van der Waals surface area (Å²) in [5.41, 5.74) is 5.30. The Kier molecular flexibility index (Phi) is 15.1. The van der Waals surface area contributed by atoms with Crippen molar-refractivity contribution in [2.24, 2.45) is 11.1 Å². The lowest BCUT2D eigenvalue weighted by Gasteiger charge is -2.19. The van der Waals surface area contributed by atoms with E-state index < -0.39 is 0 Å². The van der Waals surface area contributed by atoms with Gasteiger partial charge in [-0.05, 0) is 50.4 Å². The van der Waals surface area contributed by atoms with E-state index in [0.717, 1.165) is 51.4 Å². The highest BCUT2D eigenvalue weighted by Crippen LogP contribution is 2.25. The summed E-state index contributed by atoms with van der Waals surface area (Å²) in [4.78, 5) is 10.6. The fraction of sp³-hybridized carbons (Fsp3) is 0.565. The molecule has 0 heterocycles. The molecule has 3 heteroatoms. The van der Waals surface area contributed by atoms with Gasteiger partial charge in [-0.3, -0.25) is 4.79 Å². The van der Waals surface area contributed by atoms with Crippen LogP contribution in [0.4, 0.5) is 0 Å². The molecule has 0 radical (unpaired) electrons. The molecule has 0 spiro atoms. The molecule has 0 rings (SSSR count). The van der Waals surface area contributed by atoms with Crippen LogP contribution in [0.2, 0.25) is 0 Å². The van der Waals surface area contributed by atoms with Crippen molar-refractivity contribution < 1.29 is 4.79 Å². The summed E-state index contributed by atoms with van der Waals surface area (Å²) in [6.45, 7) is 4.51. The van der Waals surface area contributed by atoms with Crippen LogP contribution in [0.3, 0.4) is 0 Å². The number of nitrogens with two attached hydrogens (primary N) is 1. The van der Waals surface area contributed by atoms with Gasteiger partial charge >= 0.3 is 0 Å². The fourth-order valence-electron chi connectivity index (χ4n) is 2.48. The molecule has 26 heavy (non-hydrogen) atoms. The Morgan fingerprint density at radius 1 is 0.923 bits per heavy atom. The zero-order valence-corrected chi connectivity index (χ0v) is 16.6. The average molecular weight is 357 g/mol. The summed E-state index contributed by atoms with van der Waals surface area (Å²) in [5.74, 6) is -0.223. The van der Waals surface area contributed by atoms with Crippen molar-refractivity contribution in [3.63, 3.8) is 0 Å². The Morgan fingerprint density at radius 3 is 2.08 bits per heavy atom. The molecule has 0 atom stereocenters. The molecule has 0 aromatic heterocycles. The molecular formula is C23H36N2O. The van der Waals surface area contributed by atoms with Crippen molar-refractivity contribution in [1.29, 1.82) is 5.26 Å². The summed E-state index contributed by atoms with van der Waals surface area (Å²) < 4.78 is 0. The van der Waals surface area contributed by atoms with E-state index in [-0.39, 0.29) is 11.3 Å². The average Bonchev–Trinajstić information content (AvgIpc) is 2.58. The van der Waals surface area contributed by atoms with Gasteiger partial charge in [0.05, 0.1) is 6.07 Å². The van der Waals surface area contributed by atoms with Crippen LogP contribution in [0.1, 0.15) is 78.1 Å². The summed E-state index contributed by atoms with van der Waals surface area (Å²) in [5, 5.41) is 8.55. The minimum Gasteiger partial charge on any atom is -0.370 e. The predicted molar refractivity (Wildman–Crippen MR) is 111 cm³/mol. The Balaban J connectivity index is 3.72. The highest BCUT2D eigenvalue weighted by molar-refractivity contribution is 5.73. The monoisotopic (exact) mass is 356 g/mol. The minimum atomic E-state index is -0.223. The Hall–Kier alpha value is -2.08. The lowest BCUT2D eigenvalue weighted by Crippen LogP contribution is -2.09. The predicted octanol–water partition coefficient (Wildman–Crippen LogP) is 6.15. The lowest BCUT2D eigenvalue weighted by molar-refractivity contribution is -0.118. The minimum absolute atomic E-state index is 0.215. The SMILES string of the molecule is CC(C)(/C=C\C/C=C\C/C=C\C/C=C\CCCC(N)=O)CCCCC#N.